The second-order valence-corrected chi connectivity index (χ2v) is 3.39. The van der Waals surface area contributed by atoms with Crippen molar-refractivity contribution in [3.05, 3.63) is 35.9 Å². The lowest BCUT2D eigenvalue weighted by molar-refractivity contribution is -0.129. The number of rotatable bonds is 2. The Kier molecular flexibility index (Phi) is 1.94. The molecule has 2 rings (SSSR count). The van der Waals surface area contributed by atoms with Crippen LogP contribution in [0, 0.1) is 5.92 Å². The van der Waals surface area contributed by atoms with Crippen molar-refractivity contribution in [1.29, 1.82) is 0 Å². The van der Waals surface area contributed by atoms with Crippen LogP contribution in [0.2, 0.25) is 0 Å². The van der Waals surface area contributed by atoms with Gasteiger partial charge in [-0.05, 0) is 18.4 Å². The molecule has 1 aliphatic rings. The van der Waals surface area contributed by atoms with E-state index >= 15 is 0 Å². The van der Waals surface area contributed by atoms with Crippen LogP contribution in [0.4, 0.5) is 0 Å². The molecule has 0 bridgehead atoms. The Morgan fingerprint density at radius 3 is 2.50 bits per heavy atom. The lowest BCUT2D eigenvalue weighted by Crippen LogP contribution is -2.27. The van der Waals surface area contributed by atoms with Crippen molar-refractivity contribution in [2.45, 2.75) is 19.3 Å². The minimum absolute atomic E-state index is 0.326. The van der Waals surface area contributed by atoms with Gasteiger partial charge in [0.1, 0.15) is 5.78 Å². The van der Waals surface area contributed by atoms with Gasteiger partial charge in [0.2, 0.25) is 0 Å². The standard InChI is InChI=1S/C11H12O/c12-11-7-6-10(11)8-9-4-2-1-3-5-9/h1-5,10H,6-8H2/t10-/m1/s1. The highest BCUT2D eigenvalue weighted by atomic mass is 16.1. The maximum atomic E-state index is 11.0. The van der Waals surface area contributed by atoms with Gasteiger partial charge in [-0.1, -0.05) is 30.3 Å². The summed E-state index contributed by atoms with van der Waals surface area (Å²) in [5, 5.41) is 0. The van der Waals surface area contributed by atoms with E-state index < -0.39 is 0 Å². The van der Waals surface area contributed by atoms with E-state index in [1.807, 2.05) is 18.2 Å². The highest BCUT2D eigenvalue weighted by Crippen LogP contribution is 2.25. The van der Waals surface area contributed by atoms with Crippen molar-refractivity contribution in [3.8, 4) is 0 Å². The molecule has 0 amide bonds. The van der Waals surface area contributed by atoms with Gasteiger partial charge in [-0.15, -0.1) is 0 Å². The normalized spacial score (nSPS) is 22.0. The van der Waals surface area contributed by atoms with E-state index in [1.54, 1.807) is 0 Å². The highest BCUT2D eigenvalue weighted by Gasteiger charge is 2.27. The molecule has 1 aliphatic carbocycles. The second-order valence-electron chi connectivity index (χ2n) is 3.39. The van der Waals surface area contributed by atoms with E-state index in [-0.39, 0.29) is 0 Å². The third-order valence-electron chi connectivity index (χ3n) is 2.52. The summed E-state index contributed by atoms with van der Waals surface area (Å²) in [7, 11) is 0. The number of Topliss-reactive ketones (excluding diaryl/α,β-unsaturated/α-hetero) is 1. The largest absolute Gasteiger partial charge is 0.299 e. The molecular weight excluding hydrogens is 148 g/mol. The quantitative estimate of drug-likeness (QED) is 0.648. The van der Waals surface area contributed by atoms with Crippen molar-refractivity contribution < 1.29 is 4.79 Å². The first-order valence-corrected chi connectivity index (χ1v) is 4.43. The van der Waals surface area contributed by atoms with Gasteiger partial charge < -0.3 is 0 Å². The molecule has 0 saturated heterocycles. The van der Waals surface area contributed by atoms with Gasteiger partial charge in [0.15, 0.2) is 0 Å². The van der Waals surface area contributed by atoms with E-state index in [0.717, 1.165) is 19.3 Å². The lowest BCUT2D eigenvalue weighted by Gasteiger charge is -2.23. The summed E-state index contributed by atoms with van der Waals surface area (Å²) in [6.45, 7) is 0. The van der Waals surface area contributed by atoms with E-state index in [4.69, 9.17) is 0 Å². The molecule has 1 aromatic rings. The molecular formula is C11H12O. The molecule has 1 saturated carbocycles. The molecule has 12 heavy (non-hydrogen) atoms. The number of carbonyl (C=O) groups is 1. The summed E-state index contributed by atoms with van der Waals surface area (Å²) in [5.74, 6) is 0.770. The maximum Gasteiger partial charge on any atom is 0.136 e. The van der Waals surface area contributed by atoms with Crippen LogP contribution in [-0.4, -0.2) is 5.78 Å². The number of hydrogen-bond donors (Lipinski definition) is 0. The lowest BCUT2D eigenvalue weighted by atomic mass is 9.79. The van der Waals surface area contributed by atoms with Crippen molar-refractivity contribution in [1.82, 2.24) is 0 Å². The molecule has 0 aliphatic heterocycles. The topological polar surface area (TPSA) is 17.1 Å². The van der Waals surface area contributed by atoms with Crippen LogP contribution < -0.4 is 0 Å². The SMILES string of the molecule is O=C1CC[C@@H]1Cc1ccccc1. The molecule has 0 N–H and O–H groups in total. The Morgan fingerprint density at radius 1 is 1.25 bits per heavy atom. The molecule has 1 atom stereocenters. The molecule has 0 heterocycles. The van der Waals surface area contributed by atoms with Gasteiger partial charge in [-0.2, -0.15) is 0 Å². The first-order valence-electron chi connectivity index (χ1n) is 4.43. The molecule has 1 aromatic carbocycles. The molecule has 62 valence electrons. The zero-order chi connectivity index (χ0) is 8.39. The molecule has 0 aromatic heterocycles. The maximum absolute atomic E-state index is 11.0. The average Bonchev–Trinajstić information content (AvgIpc) is 2.14. The zero-order valence-corrected chi connectivity index (χ0v) is 6.99. The zero-order valence-electron chi connectivity index (χ0n) is 6.99. The summed E-state index contributed by atoms with van der Waals surface area (Å²) in [4.78, 5) is 11.0. The Bertz CT molecular complexity index is 276. The number of ketones is 1. The van der Waals surface area contributed by atoms with Crippen LogP contribution >= 0.6 is 0 Å². The van der Waals surface area contributed by atoms with Crippen molar-refractivity contribution >= 4 is 5.78 Å². The number of benzene rings is 1. The van der Waals surface area contributed by atoms with Crippen LogP contribution in [0.5, 0.6) is 0 Å². The molecule has 1 fully saturated rings. The van der Waals surface area contributed by atoms with Crippen LogP contribution in [0.1, 0.15) is 18.4 Å². The predicted molar refractivity (Wildman–Crippen MR) is 47.9 cm³/mol. The van der Waals surface area contributed by atoms with Crippen molar-refractivity contribution in [3.63, 3.8) is 0 Å². The van der Waals surface area contributed by atoms with E-state index in [0.29, 0.717) is 11.7 Å². The van der Waals surface area contributed by atoms with E-state index in [2.05, 4.69) is 12.1 Å². The monoisotopic (exact) mass is 160 g/mol. The molecule has 1 nitrogen and oxygen atoms in total. The Hall–Kier alpha value is -1.11. The fourth-order valence-electron chi connectivity index (χ4n) is 1.58. The number of carbonyl (C=O) groups excluding carboxylic acids is 1. The van der Waals surface area contributed by atoms with Crippen LogP contribution in [0.25, 0.3) is 0 Å². The fraction of sp³-hybridized carbons (Fsp3) is 0.364. The first kappa shape index (κ1) is 7.53. The fourth-order valence-corrected chi connectivity index (χ4v) is 1.58. The van der Waals surface area contributed by atoms with Crippen LogP contribution in [0.15, 0.2) is 30.3 Å². The molecule has 0 unspecified atom stereocenters. The summed E-state index contributed by atoms with van der Waals surface area (Å²) >= 11 is 0. The summed E-state index contributed by atoms with van der Waals surface area (Å²) in [5.41, 5.74) is 1.29. The van der Waals surface area contributed by atoms with Gasteiger partial charge in [0, 0.05) is 12.3 Å². The van der Waals surface area contributed by atoms with E-state index in [1.165, 1.54) is 5.56 Å². The van der Waals surface area contributed by atoms with E-state index in [9.17, 15) is 4.79 Å². The van der Waals surface area contributed by atoms with Gasteiger partial charge in [0.05, 0.1) is 0 Å². The second kappa shape index (κ2) is 3.10. The smallest absolute Gasteiger partial charge is 0.136 e. The minimum atomic E-state index is 0.326. The third-order valence-corrected chi connectivity index (χ3v) is 2.52. The van der Waals surface area contributed by atoms with Gasteiger partial charge in [-0.3, -0.25) is 4.79 Å². The Labute approximate surface area is 72.4 Å². The van der Waals surface area contributed by atoms with Crippen LogP contribution in [-0.2, 0) is 11.2 Å². The van der Waals surface area contributed by atoms with Crippen LogP contribution in [0.3, 0.4) is 0 Å². The first-order chi connectivity index (χ1) is 5.86. The molecule has 0 radical (unpaired) electrons. The Balaban J connectivity index is 2.00. The minimum Gasteiger partial charge on any atom is -0.299 e. The average molecular weight is 160 g/mol. The van der Waals surface area contributed by atoms with Crippen molar-refractivity contribution in [2.75, 3.05) is 0 Å². The molecule has 1 heteroatoms. The molecule has 0 spiro atoms. The highest BCUT2D eigenvalue weighted by molar-refractivity contribution is 5.86. The Morgan fingerprint density at radius 2 is 2.00 bits per heavy atom. The number of hydrogen-bond acceptors (Lipinski definition) is 1. The van der Waals surface area contributed by atoms with Crippen molar-refractivity contribution in [2.24, 2.45) is 5.92 Å². The third kappa shape index (κ3) is 1.40. The van der Waals surface area contributed by atoms with Gasteiger partial charge >= 0.3 is 0 Å². The summed E-state index contributed by atoms with van der Waals surface area (Å²) in [6.07, 6.45) is 2.84. The van der Waals surface area contributed by atoms with Gasteiger partial charge in [0.25, 0.3) is 0 Å². The summed E-state index contributed by atoms with van der Waals surface area (Å²) in [6, 6.07) is 10.2. The predicted octanol–water partition coefficient (Wildman–Crippen LogP) is 2.21. The van der Waals surface area contributed by atoms with Gasteiger partial charge in [-0.25, -0.2) is 0 Å². The summed E-state index contributed by atoms with van der Waals surface area (Å²) < 4.78 is 0.